The molecule has 0 aliphatic heterocycles. The lowest BCUT2D eigenvalue weighted by molar-refractivity contribution is -0.274. The van der Waals surface area contributed by atoms with Crippen LogP contribution < -0.4 is 9.54 Å². The Balaban J connectivity index is 1.29. The van der Waals surface area contributed by atoms with Gasteiger partial charge in [-0.25, -0.2) is 4.98 Å². The van der Waals surface area contributed by atoms with Crippen molar-refractivity contribution in [3.8, 4) is 17.1 Å². The highest BCUT2D eigenvalue weighted by molar-refractivity contribution is 7.07. The first kappa shape index (κ1) is 27.5. The molecule has 6 rings (SSSR count). The zero-order valence-electron chi connectivity index (χ0n) is 23.0. The van der Waals surface area contributed by atoms with Gasteiger partial charge in [0.1, 0.15) is 12.1 Å². The average molecular weight is 586 g/mol. The van der Waals surface area contributed by atoms with Gasteiger partial charge in [0.25, 0.3) is 0 Å². The van der Waals surface area contributed by atoms with Crippen LogP contribution in [0.3, 0.4) is 0 Å². The molecule has 0 fully saturated rings. The van der Waals surface area contributed by atoms with Gasteiger partial charge in [0.2, 0.25) is 4.80 Å². The van der Waals surface area contributed by atoms with Crippen LogP contribution in [0.1, 0.15) is 36.6 Å². The second kappa shape index (κ2) is 10.9. The van der Waals surface area contributed by atoms with Crippen molar-refractivity contribution >= 4 is 39.4 Å². The molecule has 0 saturated heterocycles. The summed E-state index contributed by atoms with van der Waals surface area (Å²) in [6.07, 6.45) is -1.33. The summed E-state index contributed by atoms with van der Waals surface area (Å²) in [4.78, 5) is 5.39. The number of fused-ring (bicyclic) bond motifs is 3. The highest BCUT2D eigenvalue weighted by Crippen LogP contribution is 2.29. The number of thiazole rings is 1. The standard InChI is InChI=1S/C32H26F3N5OS/c1-20(2)26-6-4-5-7-28(26)40-21(3)18-42-31(40)38-37-17-22-8-14-27-23(16-22)9-15-29-30(27)36-19-39(29)24-10-12-25(13-11-24)41-32(33,34)35/h4-20H,1-3H3/b37-17+,38-31?. The van der Waals surface area contributed by atoms with E-state index in [1.165, 1.54) is 17.7 Å². The Bertz CT molecular complexity index is 2000. The fourth-order valence-corrected chi connectivity index (χ4v) is 5.83. The zero-order valence-corrected chi connectivity index (χ0v) is 23.8. The highest BCUT2D eigenvalue weighted by atomic mass is 32.1. The Morgan fingerprint density at radius 2 is 1.76 bits per heavy atom. The summed E-state index contributed by atoms with van der Waals surface area (Å²) in [6, 6.07) is 24.0. The number of hydrogen-bond acceptors (Lipinski definition) is 5. The molecule has 2 aromatic heterocycles. The van der Waals surface area contributed by atoms with Gasteiger partial charge in [-0.05, 0) is 71.8 Å². The molecule has 0 aliphatic rings. The summed E-state index contributed by atoms with van der Waals surface area (Å²) in [5.41, 5.74) is 6.65. The monoisotopic (exact) mass is 585 g/mol. The average Bonchev–Trinajstić information content (AvgIpc) is 3.56. The van der Waals surface area contributed by atoms with Crippen LogP contribution in [0.2, 0.25) is 0 Å². The normalized spacial score (nSPS) is 12.8. The molecule has 212 valence electrons. The molecule has 4 aromatic carbocycles. The van der Waals surface area contributed by atoms with Gasteiger partial charge in [-0.2, -0.15) is 5.10 Å². The van der Waals surface area contributed by atoms with Gasteiger partial charge in [-0.3, -0.25) is 9.13 Å². The molecule has 10 heteroatoms. The fourth-order valence-electron chi connectivity index (χ4n) is 5.00. The third-order valence-corrected chi connectivity index (χ3v) is 7.87. The molecule has 0 atom stereocenters. The second-order valence-electron chi connectivity index (χ2n) is 10.1. The van der Waals surface area contributed by atoms with Crippen LogP contribution in [0, 0.1) is 6.92 Å². The molecule has 0 N–H and O–H groups in total. The topological polar surface area (TPSA) is 56.7 Å². The van der Waals surface area contributed by atoms with Crippen LogP contribution in [-0.4, -0.2) is 26.7 Å². The lowest BCUT2D eigenvalue weighted by Crippen LogP contribution is -2.17. The first-order chi connectivity index (χ1) is 20.2. The van der Waals surface area contributed by atoms with Crippen molar-refractivity contribution < 1.29 is 17.9 Å². The van der Waals surface area contributed by atoms with Gasteiger partial charge in [-0.15, -0.1) is 29.6 Å². The number of para-hydroxylation sites is 1. The number of imidazole rings is 1. The summed E-state index contributed by atoms with van der Waals surface area (Å²) in [5.74, 6) is 0.102. The molecule has 0 spiro atoms. The quantitative estimate of drug-likeness (QED) is 0.146. The first-order valence-electron chi connectivity index (χ1n) is 13.3. The van der Waals surface area contributed by atoms with Crippen molar-refractivity contribution in [2.24, 2.45) is 10.2 Å². The van der Waals surface area contributed by atoms with E-state index in [1.54, 1.807) is 36.0 Å². The maximum absolute atomic E-state index is 12.5. The van der Waals surface area contributed by atoms with E-state index < -0.39 is 6.36 Å². The Hall–Kier alpha value is -4.70. The third-order valence-electron chi connectivity index (χ3n) is 6.93. The predicted octanol–water partition coefficient (Wildman–Crippen LogP) is 8.30. The van der Waals surface area contributed by atoms with E-state index in [-0.39, 0.29) is 5.75 Å². The number of ether oxygens (including phenoxy) is 1. The van der Waals surface area contributed by atoms with E-state index in [2.05, 4.69) is 68.8 Å². The van der Waals surface area contributed by atoms with Gasteiger partial charge in [-0.1, -0.05) is 50.2 Å². The van der Waals surface area contributed by atoms with Crippen LogP contribution in [0.15, 0.2) is 101 Å². The Kier molecular flexibility index (Phi) is 7.16. The number of aryl methyl sites for hydroxylation is 1. The van der Waals surface area contributed by atoms with E-state index in [4.69, 9.17) is 0 Å². The molecule has 6 nitrogen and oxygen atoms in total. The minimum absolute atomic E-state index is 0.272. The first-order valence-corrected chi connectivity index (χ1v) is 14.2. The van der Waals surface area contributed by atoms with Gasteiger partial charge < -0.3 is 4.74 Å². The molecule has 2 heterocycles. The van der Waals surface area contributed by atoms with Crippen molar-refractivity contribution in [1.82, 2.24) is 14.1 Å². The van der Waals surface area contributed by atoms with Gasteiger partial charge in [0.15, 0.2) is 0 Å². The number of aromatic nitrogens is 3. The summed E-state index contributed by atoms with van der Waals surface area (Å²) >= 11 is 1.55. The summed E-state index contributed by atoms with van der Waals surface area (Å²) in [5, 5.41) is 13.0. The largest absolute Gasteiger partial charge is 0.573 e. The van der Waals surface area contributed by atoms with Gasteiger partial charge >= 0.3 is 6.36 Å². The molecule has 0 unspecified atom stereocenters. The van der Waals surface area contributed by atoms with E-state index in [1.807, 2.05) is 41.0 Å². The van der Waals surface area contributed by atoms with Gasteiger partial charge in [0, 0.05) is 22.1 Å². The summed E-state index contributed by atoms with van der Waals surface area (Å²) < 4.78 is 45.5. The van der Waals surface area contributed by atoms with Crippen LogP contribution in [0.5, 0.6) is 5.75 Å². The Labute approximate surface area is 243 Å². The van der Waals surface area contributed by atoms with Crippen LogP contribution in [-0.2, 0) is 0 Å². The molecule has 42 heavy (non-hydrogen) atoms. The van der Waals surface area contributed by atoms with Crippen LogP contribution in [0.4, 0.5) is 13.2 Å². The number of nitrogens with zero attached hydrogens (tertiary/aromatic N) is 5. The van der Waals surface area contributed by atoms with E-state index in [0.717, 1.165) is 43.6 Å². The molecule has 0 aliphatic carbocycles. The van der Waals surface area contributed by atoms with E-state index >= 15 is 0 Å². The number of benzene rings is 4. The van der Waals surface area contributed by atoms with Crippen LogP contribution in [0.25, 0.3) is 33.2 Å². The summed E-state index contributed by atoms with van der Waals surface area (Å²) in [6.45, 7) is 6.43. The van der Waals surface area contributed by atoms with Crippen molar-refractivity contribution in [3.05, 3.63) is 112 Å². The second-order valence-corrected chi connectivity index (χ2v) is 11.0. The SMILES string of the molecule is Cc1csc(=N/N=C/c2ccc3c(ccc4c3ncn4-c3ccc(OC(F)(F)F)cc3)c2)n1-c1ccccc1C(C)C. The molecular weight excluding hydrogens is 559 g/mol. The smallest absolute Gasteiger partial charge is 0.406 e. The molecular formula is C32H26F3N5OS. The minimum atomic E-state index is -4.73. The van der Waals surface area contributed by atoms with Crippen LogP contribution >= 0.6 is 11.3 Å². The van der Waals surface area contributed by atoms with Crippen molar-refractivity contribution in [3.63, 3.8) is 0 Å². The Morgan fingerprint density at radius 1 is 0.976 bits per heavy atom. The number of alkyl halides is 3. The van der Waals surface area contributed by atoms with E-state index in [9.17, 15) is 13.2 Å². The number of hydrogen-bond donors (Lipinski definition) is 0. The molecule has 0 bridgehead atoms. The molecule has 6 aromatic rings. The maximum atomic E-state index is 12.5. The van der Waals surface area contributed by atoms with E-state index in [0.29, 0.717) is 11.6 Å². The van der Waals surface area contributed by atoms with Crippen molar-refractivity contribution in [2.45, 2.75) is 33.1 Å². The van der Waals surface area contributed by atoms with Gasteiger partial charge in [0.05, 0.1) is 22.9 Å². The summed E-state index contributed by atoms with van der Waals surface area (Å²) in [7, 11) is 0. The minimum Gasteiger partial charge on any atom is -0.406 e. The lowest BCUT2D eigenvalue weighted by Gasteiger charge is -2.14. The Morgan fingerprint density at radius 3 is 2.52 bits per heavy atom. The number of halogens is 3. The maximum Gasteiger partial charge on any atom is 0.573 e. The molecule has 0 amide bonds. The van der Waals surface area contributed by atoms with Crippen molar-refractivity contribution in [1.29, 1.82) is 0 Å². The predicted molar refractivity (Wildman–Crippen MR) is 161 cm³/mol. The molecule has 0 saturated carbocycles. The zero-order chi connectivity index (χ0) is 29.4. The highest BCUT2D eigenvalue weighted by Gasteiger charge is 2.31. The third kappa shape index (κ3) is 5.45. The lowest BCUT2D eigenvalue weighted by atomic mass is 10.0. The van der Waals surface area contributed by atoms with Crippen molar-refractivity contribution in [2.75, 3.05) is 0 Å². The molecule has 0 radical (unpaired) electrons. The number of rotatable bonds is 6. The fraction of sp³-hybridized carbons (Fsp3) is 0.156.